The molecule has 0 aliphatic heterocycles. The van der Waals surface area contributed by atoms with Crippen molar-refractivity contribution in [1.82, 2.24) is 4.90 Å². The highest BCUT2D eigenvalue weighted by molar-refractivity contribution is 5.68. The predicted molar refractivity (Wildman–Crippen MR) is 76.2 cm³/mol. The zero-order valence-corrected chi connectivity index (χ0v) is 12.8. The largest absolute Gasteiger partial charge is 0.481 e. The molecule has 0 aromatic carbocycles. The Labute approximate surface area is 116 Å². The van der Waals surface area contributed by atoms with E-state index in [1.54, 1.807) is 0 Å². The average molecular weight is 271 g/mol. The van der Waals surface area contributed by atoms with E-state index in [0.29, 0.717) is 6.54 Å². The van der Waals surface area contributed by atoms with Crippen LogP contribution in [0.3, 0.4) is 0 Å². The molecular weight excluding hydrogens is 242 g/mol. The Kier molecular flexibility index (Phi) is 5.39. The number of hydrogen-bond acceptors (Lipinski definition) is 3. The van der Waals surface area contributed by atoms with Crippen LogP contribution in [-0.2, 0) is 4.79 Å². The van der Waals surface area contributed by atoms with Crippen LogP contribution in [0.25, 0.3) is 0 Å². The first-order valence-corrected chi connectivity index (χ1v) is 7.35. The number of nitrogens with zero attached hydrogens (tertiary/aromatic N) is 1. The topological polar surface area (TPSA) is 60.8 Å². The van der Waals surface area contributed by atoms with Crippen LogP contribution in [0.15, 0.2) is 0 Å². The van der Waals surface area contributed by atoms with Gasteiger partial charge in [0, 0.05) is 12.1 Å². The van der Waals surface area contributed by atoms with Crippen molar-refractivity contribution in [3.63, 3.8) is 0 Å². The van der Waals surface area contributed by atoms with Crippen LogP contribution >= 0.6 is 0 Å². The van der Waals surface area contributed by atoms with Gasteiger partial charge in [-0.05, 0) is 32.7 Å². The van der Waals surface area contributed by atoms with E-state index >= 15 is 0 Å². The van der Waals surface area contributed by atoms with Crippen molar-refractivity contribution >= 4 is 5.97 Å². The van der Waals surface area contributed by atoms with Gasteiger partial charge >= 0.3 is 5.97 Å². The van der Waals surface area contributed by atoms with Crippen molar-refractivity contribution < 1.29 is 15.0 Å². The molecule has 0 heterocycles. The van der Waals surface area contributed by atoms with Gasteiger partial charge in [-0.1, -0.05) is 33.1 Å². The zero-order chi connectivity index (χ0) is 14.7. The normalized spacial score (nSPS) is 22.5. The summed E-state index contributed by atoms with van der Waals surface area (Å²) in [5, 5.41) is 19.7. The summed E-state index contributed by atoms with van der Waals surface area (Å²) >= 11 is 0. The van der Waals surface area contributed by atoms with Crippen molar-refractivity contribution in [2.75, 3.05) is 13.6 Å². The Morgan fingerprint density at radius 1 is 1.32 bits per heavy atom. The molecule has 0 saturated heterocycles. The van der Waals surface area contributed by atoms with Crippen LogP contribution in [0.4, 0.5) is 0 Å². The summed E-state index contributed by atoms with van der Waals surface area (Å²) in [4.78, 5) is 13.3. The fraction of sp³-hybridized carbons (Fsp3) is 0.933. The number of likely N-dealkylation sites (N-methyl/N-ethyl adjacent to an activating group) is 1. The van der Waals surface area contributed by atoms with E-state index in [4.69, 9.17) is 0 Å². The maximum Gasteiger partial charge on any atom is 0.305 e. The molecular formula is C15H29NO3. The van der Waals surface area contributed by atoms with E-state index in [1.165, 1.54) is 6.42 Å². The van der Waals surface area contributed by atoms with Gasteiger partial charge < -0.3 is 10.2 Å². The summed E-state index contributed by atoms with van der Waals surface area (Å²) in [6, 6.07) is 0. The number of aliphatic carboxylic acids is 1. The first-order valence-electron chi connectivity index (χ1n) is 7.35. The lowest BCUT2D eigenvalue weighted by molar-refractivity contribution is -0.142. The van der Waals surface area contributed by atoms with Crippen LogP contribution in [0.5, 0.6) is 0 Å². The molecule has 1 aliphatic rings. The Balaban J connectivity index is 2.82. The molecule has 4 heteroatoms. The number of β-amino-alcohol motifs (C(OH)–C–C–N with tert-alkyl or cyclic N) is 1. The van der Waals surface area contributed by atoms with Gasteiger partial charge in [0.1, 0.15) is 0 Å². The number of hydrogen-bond donors (Lipinski definition) is 2. The Morgan fingerprint density at radius 3 is 2.26 bits per heavy atom. The number of rotatable bonds is 6. The van der Waals surface area contributed by atoms with Gasteiger partial charge in [0.25, 0.3) is 0 Å². The molecule has 19 heavy (non-hydrogen) atoms. The van der Waals surface area contributed by atoms with Crippen molar-refractivity contribution in [2.24, 2.45) is 5.92 Å². The van der Waals surface area contributed by atoms with Crippen LogP contribution in [0.2, 0.25) is 0 Å². The molecule has 0 spiro atoms. The summed E-state index contributed by atoms with van der Waals surface area (Å²) < 4.78 is 0. The zero-order valence-electron chi connectivity index (χ0n) is 12.8. The quantitative estimate of drug-likeness (QED) is 0.779. The van der Waals surface area contributed by atoms with Crippen molar-refractivity contribution in [1.29, 1.82) is 0 Å². The highest BCUT2D eigenvalue weighted by Gasteiger charge is 2.41. The van der Waals surface area contributed by atoms with Gasteiger partial charge in [-0.25, -0.2) is 0 Å². The molecule has 0 aromatic rings. The third-order valence-corrected chi connectivity index (χ3v) is 4.88. The highest BCUT2D eigenvalue weighted by Crippen LogP contribution is 2.37. The van der Waals surface area contributed by atoms with Crippen molar-refractivity contribution in [3.8, 4) is 0 Å². The van der Waals surface area contributed by atoms with Crippen molar-refractivity contribution in [3.05, 3.63) is 0 Å². The summed E-state index contributed by atoms with van der Waals surface area (Å²) in [5.74, 6) is -0.585. The van der Waals surface area contributed by atoms with Crippen LogP contribution in [0.1, 0.15) is 59.3 Å². The maximum atomic E-state index is 11.2. The average Bonchev–Trinajstić information content (AvgIpc) is 2.28. The maximum absolute atomic E-state index is 11.2. The second-order valence-electron chi connectivity index (χ2n) is 6.72. The van der Waals surface area contributed by atoms with Crippen LogP contribution in [0, 0.1) is 5.92 Å². The van der Waals surface area contributed by atoms with Gasteiger partial charge in [0.05, 0.1) is 12.0 Å². The van der Waals surface area contributed by atoms with E-state index in [2.05, 4.69) is 4.90 Å². The van der Waals surface area contributed by atoms with Gasteiger partial charge in [-0.3, -0.25) is 9.69 Å². The molecule has 4 nitrogen and oxygen atoms in total. The summed E-state index contributed by atoms with van der Waals surface area (Å²) in [5.41, 5.74) is -1.05. The first kappa shape index (κ1) is 16.4. The Bertz CT molecular complexity index is 307. The molecule has 0 amide bonds. The number of aliphatic hydroxyl groups is 1. The lowest BCUT2D eigenvalue weighted by Gasteiger charge is -2.47. The molecule has 1 unspecified atom stereocenters. The van der Waals surface area contributed by atoms with E-state index < -0.39 is 11.6 Å². The molecule has 1 aliphatic carbocycles. The standard InChI is InChI=1S/C15H29NO3/c1-12(2)14(3,19)11-16(4)15(10-13(17)18)8-6-5-7-9-15/h12,19H,5-11H2,1-4H3,(H,17,18). The number of carbonyl (C=O) groups is 1. The molecule has 0 bridgehead atoms. The van der Waals surface area contributed by atoms with Crippen LogP contribution < -0.4 is 0 Å². The van der Waals surface area contributed by atoms with Gasteiger partial charge in [-0.2, -0.15) is 0 Å². The summed E-state index contributed by atoms with van der Waals surface area (Å²) in [6.45, 7) is 6.36. The Morgan fingerprint density at radius 2 is 1.84 bits per heavy atom. The minimum absolute atomic E-state index is 0.153. The smallest absolute Gasteiger partial charge is 0.305 e. The van der Waals surface area contributed by atoms with Gasteiger partial charge in [0.15, 0.2) is 0 Å². The highest BCUT2D eigenvalue weighted by atomic mass is 16.4. The molecule has 1 fully saturated rings. The lowest BCUT2D eigenvalue weighted by atomic mass is 9.77. The SMILES string of the molecule is CC(C)C(C)(O)CN(C)C1(CC(=O)O)CCCCC1. The molecule has 1 rings (SSSR count). The third kappa shape index (κ3) is 4.18. The fourth-order valence-electron chi connectivity index (χ4n) is 3.02. The molecule has 112 valence electrons. The second kappa shape index (κ2) is 6.23. The van der Waals surface area contributed by atoms with Gasteiger partial charge in [0.2, 0.25) is 0 Å². The summed E-state index contributed by atoms with van der Waals surface area (Å²) in [7, 11) is 1.96. The molecule has 1 atom stereocenters. The third-order valence-electron chi connectivity index (χ3n) is 4.88. The van der Waals surface area contributed by atoms with E-state index in [1.807, 2.05) is 27.8 Å². The number of carboxylic acids is 1. The van der Waals surface area contributed by atoms with E-state index in [9.17, 15) is 15.0 Å². The van der Waals surface area contributed by atoms with Crippen molar-refractivity contribution in [2.45, 2.75) is 70.4 Å². The molecule has 2 N–H and O–H groups in total. The van der Waals surface area contributed by atoms with Gasteiger partial charge in [-0.15, -0.1) is 0 Å². The second-order valence-corrected chi connectivity index (χ2v) is 6.72. The first-order chi connectivity index (χ1) is 8.69. The Hall–Kier alpha value is -0.610. The minimum atomic E-state index is -0.780. The van der Waals surface area contributed by atoms with E-state index in [0.717, 1.165) is 25.7 Å². The monoisotopic (exact) mass is 271 g/mol. The summed E-state index contributed by atoms with van der Waals surface area (Å²) in [6.07, 6.45) is 5.38. The molecule has 0 radical (unpaired) electrons. The van der Waals surface area contributed by atoms with Crippen LogP contribution in [-0.4, -0.2) is 45.8 Å². The number of carboxylic acid groups (broad SMARTS) is 1. The van der Waals surface area contributed by atoms with E-state index in [-0.39, 0.29) is 17.9 Å². The molecule has 1 saturated carbocycles. The minimum Gasteiger partial charge on any atom is -0.481 e. The fourth-order valence-corrected chi connectivity index (χ4v) is 3.02. The predicted octanol–water partition coefficient (Wildman–Crippen LogP) is 2.50. The molecule has 0 aromatic heterocycles. The lowest BCUT2D eigenvalue weighted by Crippen LogP contribution is -2.55.